The van der Waals surface area contributed by atoms with Crippen molar-refractivity contribution in [2.45, 2.75) is 70.8 Å². The maximum absolute atomic E-state index is 12.6. The molecule has 1 N–H and O–H groups in total. The van der Waals surface area contributed by atoms with Crippen LogP contribution in [0.15, 0.2) is 34.9 Å². The number of amides is 1. The fourth-order valence-corrected chi connectivity index (χ4v) is 3.55. The van der Waals surface area contributed by atoms with Crippen LogP contribution in [-0.2, 0) is 16.6 Å². The van der Waals surface area contributed by atoms with Crippen molar-refractivity contribution >= 4 is 5.91 Å². The molecule has 1 aromatic heterocycles. The summed E-state index contributed by atoms with van der Waals surface area (Å²) in [4.78, 5) is 17.0. The lowest BCUT2D eigenvalue weighted by molar-refractivity contribution is -0.122. The van der Waals surface area contributed by atoms with E-state index in [1.54, 1.807) is 0 Å². The van der Waals surface area contributed by atoms with Gasteiger partial charge in [0.1, 0.15) is 0 Å². The first kappa shape index (κ1) is 18.6. The molecule has 1 unspecified atom stereocenters. The Hall–Kier alpha value is -2.17. The summed E-state index contributed by atoms with van der Waals surface area (Å²) >= 11 is 0. The molecule has 1 saturated carbocycles. The van der Waals surface area contributed by atoms with Crippen LogP contribution in [0, 0.1) is 5.92 Å². The Bertz CT molecular complexity index is 712. The van der Waals surface area contributed by atoms with Gasteiger partial charge in [0.25, 0.3) is 0 Å². The number of nitrogens with zero attached hydrogens (tertiary/aromatic N) is 2. The summed E-state index contributed by atoms with van der Waals surface area (Å²) in [5.74, 6) is 1.78. The van der Waals surface area contributed by atoms with Crippen LogP contribution in [0.25, 0.3) is 0 Å². The van der Waals surface area contributed by atoms with Crippen molar-refractivity contribution < 1.29 is 9.32 Å². The van der Waals surface area contributed by atoms with Gasteiger partial charge in [-0.15, -0.1) is 0 Å². The number of aryl methyl sites for hydroxylation is 1. The fraction of sp³-hybridized carbons (Fsp3) is 0.571. The Morgan fingerprint density at radius 1 is 1.23 bits per heavy atom. The molecule has 2 aromatic rings. The van der Waals surface area contributed by atoms with Crippen LogP contribution in [0.4, 0.5) is 0 Å². The van der Waals surface area contributed by atoms with Crippen molar-refractivity contribution in [1.82, 2.24) is 15.5 Å². The van der Waals surface area contributed by atoms with Gasteiger partial charge >= 0.3 is 0 Å². The molecule has 1 aromatic carbocycles. The molecule has 3 rings (SSSR count). The van der Waals surface area contributed by atoms with Crippen LogP contribution in [0.3, 0.4) is 0 Å². The molecule has 26 heavy (non-hydrogen) atoms. The van der Waals surface area contributed by atoms with Crippen molar-refractivity contribution in [3.8, 4) is 0 Å². The molecule has 0 aliphatic heterocycles. The average molecular weight is 355 g/mol. The number of benzene rings is 1. The molecule has 0 bridgehead atoms. The summed E-state index contributed by atoms with van der Waals surface area (Å²) in [6, 6.07) is 10.4. The lowest BCUT2D eigenvalue weighted by Crippen LogP contribution is -2.32. The zero-order valence-corrected chi connectivity index (χ0v) is 16.0. The van der Waals surface area contributed by atoms with Gasteiger partial charge in [-0.25, -0.2) is 0 Å². The van der Waals surface area contributed by atoms with E-state index in [9.17, 15) is 4.79 Å². The number of nitrogens with one attached hydrogen (secondary N) is 1. The lowest BCUT2D eigenvalue weighted by Gasteiger charge is -2.25. The number of rotatable bonds is 6. The van der Waals surface area contributed by atoms with E-state index < -0.39 is 0 Å². The predicted octanol–water partition coefficient (Wildman–Crippen LogP) is 4.35. The van der Waals surface area contributed by atoms with Gasteiger partial charge in [-0.05, 0) is 24.3 Å². The van der Waals surface area contributed by atoms with Crippen molar-refractivity contribution in [1.29, 1.82) is 0 Å². The van der Waals surface area contributed by atoms with Crippen LogP contribution < -0.4 is 5.32 Å². The summed E-state index contributed by atoms with van der Waals surface area (Å²) in [6.07, 6.45) is 5.70. The third-order valence-electron chi connectivity index (χ3n) is 5.05. The van der Waals surface area contributed by atoms with Crippen molar-refractivity contribution in [2.75, 3.05) is 0 Å². The van der Waals surface area contributed by atoms with E-state index in [0.717, 1.165) is 0 Å². The summed E-state index contributed by atoms with van der Waals surface area (Å²) < 4.78 is 5.29. The van der Waals surface area contributed by atoms with E-state index in [1.807, 2.05) is 39.0 Å². The highest BCUT2D eigenvalue weighted by atomic mass is 16.5. The Morgan fingerprint density at radius 3 is 2.54 bits per heavy atom. The summed E-state index contributed by atoms with van der Waals surface area (Å²) in [7, 11) is 0. The van der Waals surface area contributed by atoms with Gasteiger partial charge in [0, 0.05) is 18.3 Å². The molecular weight excluding hydrogens is 326 g/mol. The molecule has 5 heteroatoms. The average Bonchev–Trinajstić information content (AvgIpc) is 3.30. The summed E-state index contributed by atoms with van der Waals surface area (Å²) in [5, 5.41) is 7.27. The third kappa shape index (κ3) is 4.71. The van der Waals surface area contributed by atoms with Crippen molar-refractivity contribution in [2.24, 2.45) is 5.92 Å². The van der Waals surface area contributed by atoms with E-state index in [0.29, 0.717) is 30.5 Å². The second-order valence-corrected chi connectivity index (χ2v) is 8.26. The van der Waals surface area contributed by atoms with Crippen LogP contribution in [0.5, 0.6) is 0 Å². The highest BCUT2D eigenvalue weighted by Crippen LogP contribution is 2.35. The van der Waals surface area contributed by atoms with E-state index in [2.05, 4.69) is 27.6 Å². The lowest BCUT2D eigenvalue weighted by atomic mass is 9.91. The van der Waals surface area contributed by atoms with Crippen LogP contribution in [0.1, 0.15) is 76.2 Å². The van der Waals surface area contributed by atoms with Gasteiger partial charge in [0.15, 0.2) is 5.82 Å². The molecule has 1 aliphatic rings. The minimum Gasteiger partial charge on any atom is -0.349 e. The highest BCUT2D eigenvalue weighted by molar-refractivity contribution is 5.76. The van der Waals surface area contributed by atoms with Gasteiger partial charge < -0.3 is 9.84 Å². The molecule has 140 valence electrons. The minimum absolute atomic E-state index is 0.0428. The standard InChI is InChI=1S/C21H29N3O2/c1-21(2,3)20-23-18(26-24-20)14-13-17(25)22-19(16-11-7-8-12-16)15-9-5-4-6-10-15/h4-6,9-10,16,19H,7-8,11-14H2,1-3H3,(H,22,25). The second-order valence-electron chi connectivity index (χ2n) is 8.26. The topological polar surface area (TPSA) is 68.0 Å². The van der Waals surface area contributed by atoms with Gasteiger partial charge in [0.2, 0.25) is 11.8 Å². The zero-order chi connectivity index (χ0) is 18.6. The number of hydrogen-bond acceptors (Lipinski definition) is 4. The molecular formula is C21H29N3O2. The first-order chi connectivity index (χ1) is 12.4. The van der Waals surface area contributed by atoms with Gasteiger partial charge in [-0.2, -0.15) is 4.98 Å². The Balaban J connectivity index is 1.60. The largest absolute Gasteiger partial charge is 0.349 e. The predicted molar refractivity (Wildman–Crippen MR) is 101 cm³/mol. The Kier molecular flexibility index (Phi) is 5.74. The Morgan fingerprint density at radius 2 is 1.92 bits per heavy atom. The minimum atomic E-state index is -0.148. The van der Waals surface area contributed by atoms with Gasteiger partial charge in [-0.1, -0.05) is 69.1 Å². The van der Waals surface area contributed by atoms with Crippen molar-refractivity contribution in [3.63, 3.8) is 0 Å². The quantitative estimate of drug-likeness (QED) is 0.836. The SMILES string of the molecule is CC(C)(C)c1noc(CCC(=O)NC(c2ccccc2)C2CCCC2)n1. The molecule has 1 amide bonds. The molecule has 5 nitrogen and oxygen atoms in total. The molecule has 0 radical (unpaired) electrons. The van der Waals surface area contributed by atoms with Crippen LogP contribution in [0.2, 0.25) is 0 Å². The first-order valence-corrected chi connectivity index (χ1v) is 9.61. The maximum atomic E-state index is 12.6. The van der Waals surface area contributed by atoms with E-state index in [1.165, 1.54) is 31.2 Å². The number of aromatic nitrogens is 2. The molecule has 1 fully saturated rings. The summed E-state index contributed by atoms with van der Waals surface area (Å²) in [6.45, 7) is 6.13. The van der Waals surface area contributed by atoms with Gasteiger partial charge in [0.05, 0.1) is 6.04 Å². The Labute approximate surface area is 155 Å². The normalized spacial score (nSPS) is 16.6. The van der Waals surface area contributed by atoms with E-state index in [-0.39, 0.29) is 17.4 Å². The van der Waals surface area contributed by atoms with Gasteiger partial charge in [-0.3, -0.25) is 4.79 Å². The van der Waals surface area contributed by atoms with Crippen LogP contribution >= 0.6 is 0 Å². The molecule has 1 heterocycles. The van der Waals surface area contributed by atoms with Crippen molar-refractivity contribution in [3.05, 3.63) is 47.6 Å². The smallest absolute Gasteiger partial charge is 0.227 e. The third-order valence-corrected chi connectivity index (χ3v) is 5.05. The fourth-order valence-electron chi connectivity index (χ4n) is 3.55. The zero-order valence-electron chi connectivity index (χ0n) is 16.0. The van der Waals surface area contributed by atoms with E-state index >= 15 is 0 Å². The number of carbonyl (C=O) groups excluding carboxylic acids is 1. The monoisotopic (exact) mass is 355 g/mol. The molecule has 0 saturated heterocycles. The maximum Gasteiger partial charge on any atom is 0.227 e. The highest BCUT2D eigenvalue weighted by Gasteiger charge is 2.28. The molecule has 0 spiro atoms. The summed E-state index contributed by atoms with van der Waals surface area (Å²) in [5.41, 5.74) is 1.05. The molecule has 1 aliphatic carbocycles. The first-order valence-electron chi connectivity index (χ1n) is 9.61. The number of hydrogen-bond donors (Lipinski definition) is 1. The second kappa shape index (κ2) is 8.02. The molecule has 1 atom stereocenters. The van der Waals surface area contributed by atoms with Crippen LogP contribution in [-0.4, -0.2) is 16.0 Å². The van der Waals surface area contributed by atoms with E-state index in [4.69, 9.17) is 4.52 Å². The number of carbonyl (C=O) groups is 1.